The number of ether oxygens (including phenoxy) is 3. The number of aliphatic hydroxyl groups is 1. The Morgan fingerprint density at radius 2 is 1.82 bits per heavy atom. The average Bonchev–Trinajstić information content (AvgIpc) is 3.36. The van der Waals surface area contributed by atoms with Gasteiger partial charge in [-0.15, -0.1) is 0 Å². The van der Waals surface area contributed by atoms with E-state index in [-0.39, 0.29) is 37.5 Å². The second-order valence-corrected chi connectivity index (χ2v) is 12.2. The van der Waals surface area contributed by atoms with Crippen molar-refractivity contribution in [3.05, 3.63) is 99.5 Å². The number of carbonyl (C=O) groups is 2. The molecule has 8 nitrogen and oxygen atoms in total. The Labute approximate surface area is 263 Å². The quantitative estimate of drug-likeness (QED) is 0.176. The van der Waals surface area contributed by atoms with Crippen molar-refractivity contribution in [2.45, 2.75) is 63.8 Å². The maximum Gasteiger partial charge on any atom is 0.306 e. The molecular formula is C33H35BrF2N2O6. The van der Waals surface area contributed by atoms with Crippen LogP contribution in [0.1, 0.15) is 62.8 Å². The summed E-state index contributed by atoms with van der Waals surface area (Å²) >= 11 is 3.56. The first-order valence-electron chi connectivity index (χ1n) is 14.2. The van der Waals surface area contributed by atoms with Crippen LogP contribution in [0, 0.1) is 11.6 Å². The van der Waals surface area contributed by atoms with Crippen LogP contribution >= 0.6 is 15.9 Å². The standard InChI is InChI=1S/C33H35BrF2N2O6/c1-32(2,3)44-28(40)15-16-33(31(41)37-20-22-9-12-23(35)19-27(22)36)29(25-7-4-5-8-26(25)34)43-30(38-33)21-10-13-24(14-11-21)42-18-6-17-39/h4-5,7-14,19,29,39H,6,15-18,20H2,1-3H3,(H,37,41)/t29-,33-/m1/s1. The number of nitrogens with one attached hydrogen (secondary N) is 1. The topological polar surface area (TPSA) is 106 Å². The van der Waals surface area contributed by atoms with Crippen molar-refractivity contribution in [1.82, 2.24) is 5.32 Å². The van der Waals surface area contributed by atoms with Crippen LogP contribution in [0.5, 0.6) is 5.75 Å². The van der Waals surface area contributed by atoms with E-state index in [2.05, 4.69) is 21.2 Å². The molecule has 3 aromatic rings. The van der Waals surface area contributed by atoms with Gasteiger partial charge in [0, 0.05) is 53.2 Å². The number of halogens is 3. The van der Waals surface area contributed by atoms with Crippen molar-refractivity contribution in [3.63, 3.8) is 0 Å². The van der Waals surface area contributed by atoms with Crippen molar-refractivity contribution in [2.75, 3.05) is 13.2 Å². The minimum Gasteiger partial charge on any atom is -0.494 e. The normalized spacial score (nSPS) is 17.9. The van der Waals surface area contributed by atoms with E-state index >= 15 is 0 Å². The van der Waals surface area contributed by atoms with Gasteiger partial charge in [0.25, 0.3) is 5.91 Å². The summed E-state index contributed by atoms with van der Waals surface area (Å²) in [5.41, 5.74) is -1.14. The first-order chi connectivity index (χ1) is 20.9. The Bertz CT molecular complexity index is 1510. The number of aliphatic hydroxyl groups excluding tert-OH is 1. The number of nitrogens with zero attached hydrogens (tertiary/aromatic N) is 1. The van der Waals surface area contributed by atoms with Crippen LogP contribution < -0.4 is 10.1 Å². The van der Waals surface area contributed by atoms with Gasteiger partial charge in [-0.3, -0.25) is 9.59 Å². The van der Waals surface area contributed by atoms with Crippen molar-refractivity contribution >= 4 is 33.7 Å². The van der Waals surface area contributed by atoms with Gasteiger partial charge in [-0.2, -0.15) is 0 Å². The molecule has 1 heterocycles. The molecule has 0 fully saturated rings. The largest absolute Gasteiger partial charge is 0.494 e. The van der Waals surface area contributed by atoms with Gasteiger partial charge in [0.1, 0.15) is 23.0 Å². The van der Waals surface area contributed by atoms with E-state index in [9.17, 15) is 18.4 Å². The zero-order chi connectivity index (χ0) is 31.9. The lowest BCUT2D eigenvalue weighted by Gasteiger charge is -2.31. The third-order valence-electron chi connectivity index (χ3n) is 6.80. The predicted octanol–water partition coefficient (Wildman–Crippen LogP) is 6.18. The lowest BCUT2D eigenvalue weighted by atomic mass is 9.83. The predicted molar refractivity (Wildman–Crippen MR) is 164 cm³/mol. The fourth-order valence-electron chi connectivity index (χ4n) is 4.71. The Hall–Kier alpha value is -3.83. The molecular weight excluding hydrogens is 638 g/mol. The smallest absolute Gasteiger partial charge is 0.306 e. The highest BCUT2D eigenvalue weighted by Gasteiger charge is 2.53. The zero-order valence-corrected chi connectivity index (χ0v) is 26.3. The maximum absolute atomic E-state index is 14.5. The van der Waals surface area contributed by atoms with Gasteiger partial charge in [-0.05, 0) is 63.6 Å². The van der Waals surface area contributed by atoms with Crippen LogP contribution in [-0.4, -0.2) is 47.2 Å². The molecule has 4 rings (SSSR count). The van der Waals surface area contributed by atoms with Gasteiger partial charge in [0.15, 0.2) is 11.6 Å². The van der Waals surface area contributed by atoms with Gasteiger partial charge in [-0.1, -0.05) is 40.2 Å². The number of aliphatic imine (C=N–C) groups is 1. The molecule has 44 heavy (non-hydrogen) atoms. The van der Waals surface area contributed by atoms with E-state index in [0.717, 1.165) is 12.1 Å². The molecule has 0 aromatic heterocycles. The van der Waals surface area contributed by atoms with Gasteiger partial charge in [0.2, 0.25) is 5.90 Å². The molecule has 2 atom stereocenters. The summed E-state index contributed by atoms with van der Waals surface area (Å²) in [7, 11) is 0. The Kier molecular flexibility index (Phi) is 10.7. The zero-order valence-electron chi connectivity index (χ0n) is 24.7. The van der Waals surface area contributed by atoms with E-state index < -0.39 is 40.8 Å². The number of esters is 1. The molecule has 0 aliphatic carbocycles. The highest BCUT2D eigenvalue weighted by molar-refractivity contribution is 9.10. The number of hydrogen-bond acceptors (Lipinski definition) is 7. The van der Waals surface area contributed by atoms with E-state index in [1.807, 2.05) is 6.07 Å². The van der Waals surface area contributed by atoms with Crippen molar-refractivity contribution < 1.29 is 37.7 Å². The van der Waals surface area contributed by atoms with Gasteiger partial charge >= 0.3 is 5.97 Å². The number of carbonyl (C=O) groups excluding carboxylic acids is 2. The number of amides is 1. The summed E-state index contributed by atoms with van der Waals surface area (Å²) in [6.07, 6.45) is -0.734. The van der Waals surface area contributed by atoms with Gasteiger partial charge in [0.05, 0.1) is 6.61 Å². The SMILES string of the molecule is CC(C)(C)OC(=O)CC[C@@]1(C(=O)NCc2ccc(F)cc2F)N=C(c2ccc(OCCCO)cc2)O[C@@H]1c1ccccc1Br. The Balaban J connectivity index is 1.74. The first-order valence-corrected chi connectivity index (χ1v) is 15.0. The molecule has 0 saturated carbocycles. The summed E-state index contributed by atoms with van der Waals surface area (Å²) in [6, 6.07) is 17.3. The molecule has 2 N–H and O–H groups in total. The van der Waals surface area contributed by atoms with E-state index in [1.165, 1.54) is 6.07 Å². The van der Waals surface area contributed by atoms with Crippen LogP contribution in [-0.2, 0) is 25.6 Å². The summed E-state index contributed by atoms with van der Waals surface area (Å²) in [5.74, 6) is -1.91. The van der Waals surface area contributed by atoms with E-state index in [0.29, 0.717) is 34.4 Å². The monoisotopic (exact) mass is 672 g/mol. The third-order valence-corrected chi connectivity index (χ3v) is 7.52. The second-order valence-electron chi connectivity index (χ2n) is 11.3. The minimum absolute atomic E-state index is 0.0143. The molecule has 1 aliphatic heterocycles. The molecule has 0 spiro atoms. The fraction of sp³-hybridized carbons (Fsp3) is 0.364. The van der Waals surface area contributed by atoms with Crippen LogP contribution in [0.2, 0.25) is 0 Å². The van der Waals surface area contributed by atoms with Gasteiger partial charge < -0.3 is 24.6 Å². The number of rotatable bonds is 12. The number of benzene rings is 3. The summed E-state index contributed by atoms with van der Waals surface area (Å²) in [4.78, 5) is 31.9. The molecule has 3 aromatic carbocycles. The van der Waals surface area contributed by atoms with E-state index in [1.54, 1.807) is 63.2 Å². The molecule has 234 valence electrons. The van der Waals surface area contributed by atoms with Gasteiger partial charge in [-0.25, -0.2) is 13.8 Å². The lowest BCUT2D eigenvalue weighted by molar-refractivity contribution is -0.155. The van der Waals surface area contributed by atoms with Crippen molar-refractivity contribution in [3.8, 4) is 5.75 Å². The first kappa shape index (κ1) is 33.1. The Morgan fingerprint density at radius 3 is 2.48 bits per heavy atom. The van der Waals surface area contributed by atoms with Crippen LogP contribution in [0.4, 0.5) is 8.78 Å². The molecule has 11 heteroatoms. The molecule has 1 aliphatic rings. The summed E-state index contributed by atoms with van der Waals surface area (Å²) in [5, 5.41) is 11.8. The van der Waals surface area contributed by atoms with E-state index in [4.69, 9.17) is 24.3 Å². The van der Waals surface area contributed by atoms with Crippen LogP contribution in [0.15, 0.2) is 76.2 Å². The van der Waals surface area contributed by atoms with Crippen molar-refractivity contribution in [2.24, 2.45) is 4.99 Å². The summed E-state index contributed by atoms with van der Waals surface area (Å²) < 4.78 is 46.2. The molecule has 0 bridgehead atoms. The third kappa shape index (κ3) is 8.21. The maximum atomic E-state index is 14.5. The molecule has 1 amide bonds. The molecule has 0 unspecified atom stereocenters. The van der Waals surface area contributed by atoms with Crippen molar-refractivity contribution in [1.29, 1.82) is 0 Å². The fourth-order valence-corrected chi connectivity index (χ4v) is 5.21. The highest BCUT2D eigenvalue weighted by Crippen LogP contribution is 2.45. The average molecular weight is 674 g/mol. The number of hydrogen-bond donors (Lipinski definition) is 2. The second kappa shape index (κ2) is 14.3. The highest BCUT2D eigenvalue weighted by atomic mass is 79.9. The minimum atomic E-state index is -1.66. The van der Waals surface area contributed by atoms with Crippen LogP contribution in [0.3, 0.4) is 0 Å². The Morgan fingerprint density at radius 1 is 1.09 bits per heavy atom. The summed E-state index contributed by atoms with van der Waals surface area (Å²) in [6.45, 7) is 5.37. The molecule has 0 saturated heterocycles. The van der Waals surface area contributed by atoms with Crippen LogP contribution in [0.25, 0.3) is 0 Å². The molecule has 0 radical (unpaired) electrons. The lowest BCUT2D eigenvalue weighted by Crippen LogP contribution is -2.48.